The number of benzene rings is 1. The fraction of sp³-hybridized carbons (Fsp3) is 0.600. The van der Waals surface area contributed by atoms with Crippen molar-refractivity contribution in [1.82, 2.24) is 4.90 Å². The van der Waals surface area contributed by atoms with Crippen molar-refractivity contribution in [3.63, 3.8) is 0 Å². The van der Waals surface area contributed by atoms with E-state index >= 15 is 0 Å². The van der Waals surface area contributed by atoms with Gasteiger partial charge in [-0.1, -0.05) is 6.92 Å². The summed E-state index contributed by atoms with van der Waals surface area (Å²) in [6.45, 7) is 2.55. The zero-order valence-corrected chi connectivity index (χ0v) is 15.3. The minimum Gasteiger partial charge on any atom is -0.497 e. The Balaban J connectivity index is 1.80. The molecule has 25 heavy (non-hydrogen) atoms. The number of carbonyl (C=O) groups excluding carboxylic acids is 2. The smallest absolute Gasteiger partial charge is 0.226 e. The monoisotopic (exact) mass is 345 g/mol. The van der Waals surface area contributed by atoms with Crippen LogP contribution in [0.2, 0.25) is 0 Å². The van der Waals surface area contributed by atoms with E-state index in [1.54, 1.807) is 14.2 Å². The summed E-state index contributed by atoms with van der Waals surface area (Å²) < 4.78 is 10.8. The number of ketones is 1. The predicted molar refractivity (Wildman–Crippen MR) is 94.6 cm³/mol. The molecule has 1 amide bonds. The van der Waals surface area contributed by atoms with Crippen LogP contribution in [-0.4, -0.2) is 36.9 Å². The molecule has 2 fully saturated rings. The molecule has 1 aromatic carbocycles. The molecule has 0 aliphatic heterocycles. The topological polar surface area (TPSA) is 55.8 Å². The van der Waals surface area contributed by atoms with Crippen LogP contribution >= 0.6 is 0 Å². The lowest BCUT2D eigenvalue weighted by molar-refractivity contribution is -0.141. The summed E-state index contributed by atoms with van der Waals surface area (Å²) in [5.41, 5.74) is 0.960. The fourth-order valence-electron chi connectivity index (χ4n) is 3.75. The van der Waals surface area contributed by atoms with Crippen LogP contribution in [0.5, 0.6) is 11.5 Å². The largest absolute Gasteiger partial charge is 0.497 e. The van der Waals surface area contributed by atoms with Crippen LogP contribution in [-0.2, 0) is 16.1 Å². The quantitative estimate of drug-likeness (QED) is 0.794. The third kappa shape index (κ3) is 3.97. The summed E-state index contributed by atoms with van der Waals surface area (Å²) in [6.07, 6.45) is 3.84. The normalized spacial score (nSPS) is 23.2. The minimum atomic E-state index is -0.0464. The Morgan fingerprint density at radius 2 is 1.96 bits per heavy atom. The maximum atomic E-state index is 13.2. The molecule has 5 heteroatoms. The molecular weight excluding hydrogens is 318 g/mol. The van der Waals surface area contributed by atoms with Gasteiger partial charge in [-0.05, 0) is 43.4 Å². The average molecular weight is 345 g/mol. The van der Waals surface area contributed by atoms with Crippen molar-refractivity contribution in [1.29, 1.82) is 0 Å². The number of methoxy groups -OCH3 is 2. The van der Waals surface area contributed by atoms with Crippen molar-refractivity contribution in [2.45, 2.75) is 51.6 Å². The lowest BCUT2D eigenvalue weighted by Gasteiger charge is -2.33. The molecule has 0 saturated heterocycles. The van der Waals surface area contributed by atoms with Crippen molar-refractivity contribution in [2.75, 3.05) is 14.2 Å². The number of hydrogen-bond acceptors (Lipinski definition) is 4. The predicted octanol–water partition coefficient (Wildman–Crippen LogP) is 3.20. The second-order valence-electron chi connectivity index (χ2n) is 7.24. The molecule has 0 radical (unpaired) electrons. The van der Waals surface area contributed by atoms with Gasteiger partial charge in [-0.25, -0.2) is 0 Å². The molecule has 2 aliphatic rings. The van der Waals surface area contributed by atoms with Gasteiger partial charge in [0.1, 0.15) is 17.3 Å². The highest BCUT2D eigenvalue weighted by Gasteiger charge is 2.39. The third-order valence-electron chi connectivity index (χ3n) is 5.39. The van der Waals surface area contributed by atoms with E-state index in [0.29, 0.717) is 31.8 Å². The van der Waals surface area contributed by atoms with Crippen LogP contribution in [0.1, 0.15) is 44.6 Å². The highest BCUT2D eigenvalue weighted by Crippen LogP contribution is 2.36. The summed E-state index contributed by atoms with van der Waals surface area (Å²) in [6, 6.07) is 6.00. The molecule has 2 unspecified atom stereocenters. The number of rotatable bonds is 6. The van der Waals surface area contributed by atoms with Gasteiger partial charge in [0, 0.05) is 36.9 Å². The van der Waals surface area contributed by atoms with Gasteiger partial charge in [0.25, 0.3) is 0 Å². The molecule has 2 atom stereocenters. The second kappa shape index (κ2) is 7.46. The fourth-order valence-corrected chi connectivity index (χ4v) is 3.75. The van der Waals surface area contributed by atoms with Gasteiger partial charge in [0.15, 0.2) is 0 Å². The summed E-state index contributed by atoms with van der Waals surface area (Å²) in [5.74, 6) is 2.08. The van der Waals surface area contributed by atoms with Crippen LogP contribution in [0.25, 0.3) is 0 Å². The Morgan fingerprint density at radius 1 is 1.20 bits per heavy atom. The molecule has 136 valence electrons. The zero-order chi connectivity index (χ0) is 18.0. The van der Waals surface area contributed by atoms with Gasteiger partial charge in [-0.15, -0.1) is 0 Å². The first-order valence-corrected chi connectivity index (χ1v) is 9.06. The summed E-state index contributed by atoms with van der Waals surface area (Å²) in [4.78, 5) is 26.8. The molecule has 0 spiro atoms. The maximum absolute atomic E-state index is 13.2. The maximum Gasteiger partial charge on any atom is 0.226 e. The molecule has 2 aliphatic carbocycles. The molecular formula is C20H27NO4. The van der Waals surface area contributed by atoms with E-state index in [-0.39, 0.29) is 23.5 Å². The molecule has 5 nitrogen and oxygen atoms in total. The Bertz CT molecular complexity index is 653. The third-order valence-corrected chi connectivity index (χ3v) is 5.39. The van der Waals surface area contributed by atoms with Gasteiger partial charge < -0.3 is 14.4 Å². The molecule has 2 saturated carbocycles. The first-order valence-electron chi connectivity index (χ1n) is 9.06. The van der Waals surface area contributed by atoms with Crippen molar-refractivity contribution in [3.8, 4) is 11.5 Å². The van der Waals surface area contributed by atoms with Gasteiger partial charge >= 0.3 is 0 Å². The van der Waals surface area contributed by atoms with E-state index in [1.165, 1.54) is 0 Å². The van der Waals surface area contributed by atoms with E-state index in [1.807, 2.05) is 30.0 Å². The van der Waals surface area contributed by atoms with Crippen molar-refractivity contribution in [3.05, 3.63) is 23.8 Å². The van der Waals surface area contributed by atoms with Crippen LogP contribution < -0.4 is 9.47 Å². The molecule has 0 N–H and O–H groups in total. The lowest BCUT2D eigenvalue weighted by atomic mass is 9.79. The lowest BCUT2D eigenvalue weighted by Crippen LogP contribution is -2.41. The molecule has 3 rings (SSSR count). The number of carbonyl (C=O) groups is 2. The van der Waals surface area contributed by atoms with Crippen molar-refractivity contribution in [2.24, 2.45) is 11.8 Å². The standard InChI is InChI=1S/C20H27NO4/c1-13-10-16(22)6-8-18(13)20(23)21(15-4-5-15)12-14-11-17(24-2)7-9-19(14)25-3/h7,9,11,13,15,18H,4-6,8,10,12H2,1-3H3. The number of amides is 1. The zero-order valence-electron chi connectivity index (χ0n) is 15.3. The molecule has 1 aromatic rings. The van der Waals surface area contributed by atoms with E-state index < -0.39 is 0 Å². The van der Waals surface area contributed by atoms with Crippen molar-refractivity contribution < 1.29 is 19.1 Å². The van der Waals surface area contributed by atoms with Crippen LogP contribution in [0.3, 0.4) is 0 Å². The first kappa shape index (κ1) is 17.8. The average Bonchev–Trinajstić information content (AvgIpc) is 3.43. The van der Waals surface area contributed by atoms with E-state index in [2.05, 4.69) is 0 Å². The SMILES string of the molecule is COc1ccc(OC)c(CN(C(=O)C2CCC(=O)CC2C)C2CC2)c1. The highest BCUT2D eigenvalue weighted by atomic mass is 16.5. The summed E-state index contributed by atoms with van der Waals surface area (Å²) >= 11 is 0. The first-order chi connectivity index (χ1) is 12.0. The molecule has 0 aromatic heterocycles. The second-order valence-corrected chi connectivity index (χ2v) is 7.24. The van der Waals surface area contributed by atoms with Gasteiger partial charge in [-0.2, -0.15) is 0 Å². The number of hydrogen-bond donors (Lipinski definition) is 0. The Kier molecular flexibility index (Phi) is 5.30. The van der Waals surface area contributed by atoms with Crippen LogP contribution in [0.4, 0.5) is 0 Å². The van der Waals surface area contributed by atoms with Crippen LogP contribution in [0.15, 0.2) is 18.2 Å². The Morgan fingerprint density at radius 3 is 2.56 bits per heavy atom. The highest BCUT2D eigenvalue weighted by molar-refractivity contribution is 5.85. The van der Waals surface area contributed by atoms with E-state index in [4.69, 9.17) is 9.47 Å². The van der Waals surface area contributed by atoms with Gasteiger partial charge in [-0.3, -0.25) is 9.59 Å². The Labute approximate surface area is 149 Å². The van der Waals surface area contributed by atoms with E-state index in [9.17, 15) is 9.59 Å². The van der Waals surface area contributed by atoms with Crippen LogP contribution in [0, 0.1) is 11.8 Å². The number of ether oxygens (including phenoxy) is 2. The summed E-state index contributed by atoms with van der Waals surface area (Å²) in [5, 5.41) is 0. The number of nitrogens with zero attached hydrogens (tertiary/aromatic N) is 1. The molecule has 0 bridgehead atoms. The Hall–Kier alpha value is -2.04. The van der Waals surface area contributed by atoms with Crippen molar-refractivity contribution >= 4 is 11.7 Å². The molecule has 0 heterocycles. The van der Waals surface area contributed by atoms with Gasteiger partial charge in [0.2, 0.25) is 5.91 Å². The minimum absolute atomic E-state index is 0.0464. The van der Waals surface area contributed by atoms with Gasteiger partial charge in [0.05, 0.1) is 14.2 Å². The van der Waals surface area contributed by atoms with E-state index in [0.717, 1.165) is 29.9 Å². The summed E-state index contributed by atoms with van der Waals surface area (Å²) in [7, 11) is 3.28. The number of Topliss-reactive ketones (excluding diaryl/α,β-unsaturated/α-hetero) is 1.